The van der Waals surface area contributed by atoms with Crippen molar-refractivity contribution in [3.05, 3.63) is 46.4 Å². The number of aliphatic imine (C=N–C) groups is 2. The molecule has 0 saturated heterocycles. The molecule has 1 aromatic rings. The Morgan fingerprint density at radius 1 is 1.35 bits per heavy atom. The molecule has 0 radical (unpaired) electrons. The molecule has 0 fully saturated rings. The molecule has 0 amide bonds. The number of nitrogens with one attached hydrogen (secondary N) is 1. The molecule has 140 valence electrons. The number of amidine groups is 1. The second kappa shape index (κ2) is 7.27. The van der Waals surface area contributed by atoms with Gasteiger partial charge in [0.25, 0.3) is 0 Å². The highest BCUT2D eigenvalue weighted by atomic mass is 19.4. The van der Waals surface area contributed by atoms with E-state index in [0.717, 1.165) is 19.2 Å². The van der Waals surface area contributed by atoms with E-state index in [1.54, 1.807) is 6.92 Å². The lowest BCUT2D eigenvalue weighted by atomic mass is 9.93. The Kier molecular flexibility index (Phi) is 5.48. The number of hydrogen-bond acceptors (Lipinski definition) is 5. The molecule has 1 heterocycles. The number of benzene rings is 1. The lowest BCUT2D eigenvalue weighted by molar-refractivity contribution is -0.140. The van der Waals surface area contributed by atoms with Gasteiger partial charge in [0, 0.05) is 18.3 Å². The van der Waals surface area contributed by atoms with Crippen molar-refractivity contribution in [2.45, 2.75) is 26.1 Å². The largest absolute Gasteiger partial charge is 0.466 e. The maximum Gasteiger partial charge on any atom is 0.419 e. The fourth-order valence-corrected chi connectivity index (χ4v) is 2.55. The first kappa shape index (κ1) is 19.6. The second-order valence-corrected chi connectivity index (χ2v) is 5.55. The van der Waals surface area contributed by atoms with E-state index in [-0.39, 0.29) is 17.0 Å². The Morgan fingerprint density at radius 3 is 2.54 bits per heavy atom. The number of halogens is 4. The predicted molar refractivity (Wildman–Crippen MR) is 88.5 cm³/mol. The van der Waals surface area contributed by atoms with E-state index < -0.39 is 29.6 Å². The van der Waals surface area contributed by atoms with Crippen LogP contribution >= 0.6 is 0 Å². The monoisotopic (exact) mass is 371 g/mol. The van der Waals surface area contributed by atoms with Gasteiger partial charge in [0.15, 0.2) is 0 Å². The van der Waals surface area contributed by atoms with Gasteiger partial charge >= 0.3 is 12.1 Å². The van der Waals surface area contributed by atoms with E-state index in [0.29, 0.717) is 17.5 Å². The Labute approximate surface area is 147 Å². The number of carbonyl (C=O) groups is 1. The van der Waals surface area contributed by atoms with Crippen LogP contribution in [0.25, 0.3) is 0 Å². The van der Waals surface area contributed by atoms with Crippen LogP contribution in [0.2, 0.25) is 0 Å². The number of methoxy groups -OCH3 is 1. The maximum atomic E-state index is 14.6. The molecule has 0 saturated carbocycles. The highest BCUT2D eigenvalue weighted by Gasteiger charge is 2.38. The molecule has 0 aromatic heterocycles. The summed E-state index contributed by atoms with van der Waals surface area (Å²) in [5.41, 5.74) is -1.12. The molecule has 9 heteroatoms. The third-order valence-electron chi connectivity index (χ3n) is 3.95. The smallest absolute Gasteiger partial charge is 0.419 e. The van der Waals surface area contributed by atoms with Crippen molar-refractivity contribution in [1.29, 1.82) is 0 Å². The first-order valence-electron chi connectivity index (χ1n) is 7.55. The Balaban J connectivity index is 2.71. The number of nitrogens with zero attached hydrogens (tertiary/aromatic N) is 2. The normalized spacial score (nSPS) is 18.4. The van der Waals surface area contributed by atoms with Gasteiger partial charge in [-0.1, -0.05) is 12.1 Å². The zero-order chi connectivity index (χ0) is 19.6. The van der Waals surface area contributed by atoms with Gasteiger partial charge in [0.1, 0.15) is 17.7 Å². The highest BCUT2D eigenvalue weighted by molar-refractivity contribution is 6.41. The van der Waals surface area contributed by atoms with Gasteiger partial charge in [-0.2, -0.15) is 13.2 Å². The first-order valence-corrected chi connectivity index (χ1v) is 7.55. The Morgan fingerprint density at radius 2 is 2.00 bits per heavy atom. The van der Waals surface area contributed by atoms with E-state index in [1.165, 1.54) is 14.0 Å². The summed E-state index contributed by atoms with van der Waals surface area (Å²) in [6, 6.07) is 1.58. The molecule has 1 unspecified atom stereocenters. The van der Waals surface area contributed by atoms with Gasteiger partial charge in [0.05, 0.1) is 24.0 Å². The number of carbonyl (C=O) groups excluding carboxylic acids is 1. The van der Waals surface area contributed by atoms with Crippen LogP contribution in [-0.4, -0.2) is 31.7 Å². The summed E-state index contributed by atoms with van der Waals surface area (Å²) in [5, 5.41) is 2.85. The van der Waals surface area contributed by atoms with Crippen molar-refractivity contribution in [2.24, 2.45) is 9.98 Å². The molecule has 1 aliphatic rings. The standard InChI is InChI=1S/C17H17F4N3O2/c1-8-12(16(25)26-4)14(24-15(23-8)9(2)22-3)10-6-5-7-11(13(10)18)17(19,20)21/h5-7,14H,1-4H3,(H,23,24). The van der Waals surface area contributed by atoms with Gasteiger partial charge in [0.2, 0.25) is 0 Å². The summed E-state index contributed by atoms with van der Waals surface area (Å²) in [7, 11) is 2.63. The number of ether oxygens (including phenoxy) is 1. The molecular formula is C17H17F4N3O2. The Bertz CT molecular complexity index is 826. The summed E-state index contributed by atoms with van der Waals surface area (Å²) < 4.78 is 58.4. The fraction of sp³-hybridized carbons (Fsp3) is 0.353. The molecule has 1 atom stereocenters. The van der Waals surface area contributed by atoms with Crippen LogP contribution in [0, 0.1) is 5.82 Å². The zero-order valence-electron chi connectivity index (χ0n) is 14.5. The minimum atomic E-state index is -4.87. The average Bonchev–Trinajstić information content (AvgIpc) is 2.58. The van der Waals surface area contributed by atoms with E-state index in [1.807, 2.05) is 0 Å². The molecular weight excluding hydrogens is 354 g/mol. The summed E-state index contributed by atoms with van der Waals surface area (Å²) in [6.45, 7) is 3.16. The molecule has 1 aliphatic heterocycles. The van der Waals surface area contributed by atoms with Crippen molar-refractivity contribution in [3.8, 4) is 0 Å². The van der Waals surface area contributed by atoms with Crippen LogP contribution in [0.5, 0.6) is 0 Å². The van der Waals surface area contributed by atoms with Gasteiger partial charge in [-0.25, -0.2) is 9.18 Å². The molecule has 0 spiro atoms. The van der Waals surface area contributed by atoms with Crippen molar-refractivity contribution in [3.63, 3.8) is 0 Å². The predicted octanol–water partition coefficient (Wildman–Crippen LogP) is 3.43. The molecule has 1 aromatic carbocycles. The van der Waals surface area contributed by atoms with E-state index >= 15 is 0 Å². The quantitative estimate of drug-likeness (QED) is 0.503. The van der Waals surface area contributed by atoms with E-state index in [4.69, 9.17) is 4.74 Å². The van der Waals surface area contributed by atoms with E-state index in [9.17, 15) is 22.4 Å². The lowest BCUT2D eigenvalue weighted by Gasteiger charge is -2.26. The summed E-state index contributed by atoms with van der Waals surface area (Å²) in [5.74, 6) is -2.06. The number of allylic oxidation sites excluding steroid dienone is 1. The number of rotatable bonds is 3. The molecule has 5 nitrogen and oxygen atoms in total. The van der Waals surface area contributed by atoms with Crippen molar-refractivity contribution in [1.82, 2.24) is 5.32 Å². The summed E-state index contributed by atoms with van der Waals surface area (Å²) in [6.07, 6.45) is -4.87. The minimum absolute atomic E-state index is 0.0709. The maximum absolute atomic E-state index is 14.6. The molecule has 0 bridgehead atoms. The van der Waals surface area contributed by atoms with E-state index in [2.05, 4.69) is 15.3 Å². The van der Waals surface area contributed by atoms with Crippen LogP contribution in [0.3, 0.4) is 0 Å². The highest BCUT2D eigenvalue weighted by Crippen LogP contribution is 2.38. The second-order valence-electron chi connectivity index (χ2n) is 5.55. The van der Waals surface area contributed by atoms with Crippen molar-refractivity contribution >= 4 is 17.5 Å². The first-order chi connectivity index (χ1) is 12.1. The topological polar surface area (TPSA) is 63.0 Å². The Hall–Kier alpha value is -2.71. The van der Waals surface area contributed by atoms with Crippen LogP contribution < -0.4 is 5.32 Å². The molecule has 2 rings (SSSR count). The number of esters is 1. The third kappa shape index (κ3) is 3.61. The summed E-state index contributed by atoms with van der Waals surface area (Å²) in [4.78, 5) is 20.3. The van der Waals surface area contributed by atoms with Crippen LogP contribution in [0.15, 0.2) is 39.5 Å². The third-order valence-corrected chi connectivity index (χ3v) is 3.95. The molecule has 26 heavy (non-hydrogen) atoms. The number of alkyl halides is 3. The van der Waals surface area contributed by atoms with Gasteiger partial charge in [-0.05, 0) is 19.9 Å². The lowest BCUT2D eigenvalue weighted by Crippen LogP contribution is -2.36. The summed E-state index contributed by atoms with van der Waals surface area (Å²) >= 11 is 0. The van der Waals surface area contributed by atoms with Crippen LogP contribution in [0.1, 0.15) is 31.0 Å². The van der Waals surface area contributed by atoms with Crippen molar-refractivity contribution in [2.75, 3.05) is 14.2 Å². The SMILES string of the molecule is CN=C(C)C1=NC(c2cccc(C(F)(F)F)c2F)C(C(=O)OC)=C(C)N1. The van der Waals surface area contributed by atoms with Crippen LogP contribution in [0.4, 0.5) is 17.6 Å². The number of hydrogen-bond donors (Lipinski definition) is 1. The van der Waals surface area contributed by atoms with Gasteiger partial charge < -0.3 is 10.1 Å². The molecule has 0 aliphatic carbocycles. The fourth-order valence-electron chi connectivity index (χ4n) is 2.55. The van der Waals surface area contributed by atoms with Gasteiger partial charge in [-0.15, -0.1) is 0 Å². The van der Waals surface area contributed by atoms with Gasteiger partial charge in [-0.3, -0.25) is 9.98 Å². The zero-order valence-corrected chi connectivity index (χ0v) is 14.5. The average molecular weight is 371 g/mol. The minimum Gasteiger partial charge on any atom is -0.466 e. The molecule has 1 N–H and O–H groups in total. The van der Waals surface area contributed by atoms with Crippen LogP contribution in [-0.2, 0) is 15.7 Å². The van der Waals surface area contributed by atoms with Crippen molar-refractivity contribution < 1.29 is 27.1 Å².